The summed E-state index contributed by atoms with van der Waals surface area (Å²) in [6, 6.07) is 27.2. The van der Waals surface area contributed by atoms with Crippen LogP contribution >= 0.6 is 0 Å². The second-order valence-electron chi connectivity index (χ2n) is 7.04. The van der Waals surface area contributed by atoms with Crippen molar-refractivity contribution in [2.45, 2.75) is 25.3 Å². The summed E-state index contributed by atoms with van der Waals surface area (Å²) in [6.45, 7) is 0. The van der Waals surface area contributed by atoms with Crippen molar-refractivity contribution in [3.05, 3.63) is 90.5 Å². The van der Waals surface area contributed by atoms with Gasteiger partial charge in [-0.05, 0) is 41.7 Å². The van der Waals surface area contributed by atoms with Crippen LogP contribution in [0.5, 0.6) is 0 Å². The van der Waals surface area contributed by atoms with Gasteiger partial charge in [0.15, 0.2) is 0 Å². The van der Waals surface area contributed by atoms with Crippen molar-refractivity contribution in [1.29, 1.82) is 0 Å². The lowest BCUT2D eigenvalue weighted by Gasteiger charge is -2.19. The van der Waals surface area contributed by atoms with Crippen LogP contribution in [0.1, 0.15) is 18.4 Å². The Morgan fingerprint density at radius 1 is 0.833 bits per heavy atom. The normalized spacial score (nSPS) is 11.4. The summed E-state index contributed by atoms with van der Waals surface area (Å²) >= 11 is 0. The fourth-order valence-corrected chi connectivity index (χ4v) is 3.25. The molecule has 154 valence electrons. The molecule has 0 heterocycles. The van der Waals surface area contributed by atoms with Gasteiger partial charge in [0, 0.05) is 18.2 Å². The molecule has 3 rings (SSSR count). The van der Waals surface area contributed by atoms with Crippen molar-refractivity contribution in [3.8, 4) is 11.1 Å². The average molecular weight is 402 g/mol. The largest absolute Gasteiger partial charge is 0.469 e. The minimum atomic E-state index is -0.298. The Labute approximate surface area is 177 Å². The summed E-state index contributed by atoms with van der Waals surface area (Å²) < 4.78 is 4.73. The van der Waals surface area contributed by atoms with Gasteiger partial charge in [-0.15, -0.1) is 0 Å². The third-order valence-corrected chi connectivity index (χ3v) is 4.83. The van der Waals surface area contributed by atoms with Crippen molar-refractivity contribution in [3.63, 3.8) is 0 Å². The van der Waals surface area contributed by atoms with Gasteiger partial charge in [-0.25, -0.2) is 4.79 Å². The first-order valence-corrected chi connectivity index (χ1v) is 9.98. The molecule has 0 radical (unpaired) electrons. The Morgan fingerprint density at radius 3 is 2.07 bits per heavy atom. The second kappa shape index (κ2) is 10.8. The van der Waals surface area contributed by atoms with E-state index in [0.717, 1.165) is 16.7 Å². The molecular formula is C25H26N2O3. The van der Waals surface area contributed by atoms with E-state index < -0.39 is 0 Å². The Hall–Kier alpha value is -3.60. The summed E-state index contributed by atoms with van der Waals surface area (Å²) in [5.74, 6) is -0.285. The summed E-state index contributed by atoms with van der Waals surface area (Å²) in [6.07, 6.45) is 1.39. The van der Waals surface area contributed by atoms with E-state index in [1.807, 2.05) is 84.9 Å². The van der Waals surface area contributed by atoms with Crippen LogP contribution in [0.25, 0.3) is 11.1 Å². The first kappa shape index (κ1) is 21.1. The van der Waals surface area contributed by atoms with Crippen LogP contribution in [0.3, 0.4) is 0 Å². The number of carbonyl (C=O) groups excluding carboxylic acids is 2. The summed E-state index contributed by atoms with van der Waals surface area (Å²) in [5, 5.41) is 5.85. The fourth-order valence-electron chi connectivity index (χ4n) is 3.25. The van der Waals surface area contributed by atoms with E-state index in [2.05, 4.69) is 10.6 Å². The van der Waals surface area contributed by atoms with Gasteiger partial charge in [-0.1, -0.05) is 72.8 Å². The second-order valence-corrected chi connectivity index (χ2v) is 7.04. The molecular weight excluding hydrogens is 376 g/mol. The van der Waals surface area contributed by atoms with Crippen LogP contribution in [0.15, 0.2) is 84.9 Å². The van der Waals surface area contributed by atoms with Gasteiger partial charge in [0.2, 0.25) is 0 Å². The van der Waals surface area contributed by atoms with Gasteiger partial charge in [0.05, 0.1) is 7.11 Å². The Balaban J connectivity index is 1.60. The van der Waals surface area contributed by atoms with Gasteiger partial charge < -0.3 is 15.4 Å². The van der Waals surface area contributed by atoms with Gasteiger partial charge in [0.1, 0.15) is 0 Å². The minimum absolute atomic E-state index is 0.185. The molecule has 2 N–H and O–H groups in total. The van der Waals surface area contributed by atoms with E-state index in [9.17, 15) is 9.59 Å². The predicted molar refractivity (Wildman–Crippen MR) is 119 cm³/mol. The molecule has 0 saturated heterocycles. The molecule has 30 heavy (non-hydrogen) atoms. The number of nitrogens with one attached hydrogen (secondary N) is 2. The third-order valence-electron chi connectivity index (χ3n) is 4.83. The molecule has 3 aromatic rings. The number of esters is 1. The maximum Gasteiger partial charge on any atom is 0.319 e. The van der Waals surface area contributed by atoms with Crippen LogP contribution in [0, 0.1) is 0 Å². The third kappa shape index (κ3) is 6.48. The van der Waals surface area contributed by atoms with Crippen LogP contribution < -0.4 is 10.6 Å². The van der Waals surface area contributed by atoms with Crippen molar-refractivity contribution in [1.82, 2.24) is 5.32 Å². The molecule has 5 nitrogen and oxygen atoms in total. The molecule has 0 aliphatic heterocycles. The smallest absolute Gasteiger partial charge is 0.319 e. The van der Waals surface area contributed by atoms with E-state index in [4.69, 9.17) is 4.74 Å². The van der Waals surface area contributed by atoms with E-state index >= 15 is 0 Å². The van der Waals surface area contributed by atoms with Crippen LogP contribution in [0.2, 0.25) is 0 Å². The number of amides is 2. The quantitative estimate of drug-likeness (QED) is 0.519. The van der Waals surface area contributed by atoms with E-state index in [1.165, 1.54) is 7.11 Å². The predicted octanol–water partition coefficient (Wildman–Crippen LogP) is 5.04. The SMILES string of the molecule is COC(=O)CCC(Cc1ccccc1)NC(=O)Nc1ccc(-c2ccccc2)cc1. The number of benzene rings is 3. The van der Waals surface area contributed by atoms with Crippen molar-refractivity contribution < 1.29 is 14.3 Å². The number of hydrogen-bond donors (Lipinski definition) is 2. The summed E-state index contributed by atoms with van der Waals surface area (Å²) in [7, 11) is 1.37. The average Bonchev–Trinajstić information content (AvgIpc) is 2.79. The monoisotopic (exact) mass is 402 g/mol. The van der Waals surface area contributed by atoms with Crippen LogP contribution in [-0.4, -0.2) is 25.2 Å². The van der Waals surface area contributed by atoms with Gasteiger partial charge in [-0.3, -0.25) is 4.79 Å². The van der Waals surface area contributed by atoms with Crippen LogP contribution in [0.4, 0.5) is 10.5 Å². The molecule has 1 atom stereocenters. The maximum atomic E-state index is 12.5. The minimum Gasteiger partial charge on any atom is -0.469 e. The number of carbonyl (C=O) groups is 2. The summed E-state index contributed by atoms with van der Waals surface area (Å²) in [5.41, 5.74) is 4.01. The standard InChI is InChI=1S/C25H26N2O3/c1-30-24(28)17-16-23(18-19-8-4-2-5-9-19)27-25(29)26-22-14-12-21(13-15-22)20-10-6-3-7-11-20/h2-15,23H,16-18H2,1H3,(H2,26,27,29). The zero-order valence-electron chi connectivity index (χ0n) is 17.0. The fraction of sp³-hybridized carbons (Fsp3) is 0.200. The zero-order valence-corrected chi connectivity index (χ0v) is 17.0. The van der Waals surface area contributed by atoms with E-state index in [-0.39, 0.29) is 24.5 Å². The molecule has 0 aliphatic carbocycles. The molecule has 0 bridgehead atoms. The van der Waals surface area contributed by atoms with Crippen LogP contribution in [-0.2, 0) is 16.0 Å². The molecule has 0 fully saturated rings. The Kier molecular flexibility index (Phi) is 7.61. The number of hydrogen-bond acceptors (Lipinski definition) is 3. The molecule has 1 unspecified atom stereocenters. The highest BCUT2D eigenvalue weighted by molar-refractivity contribution is 5.89. The lowest BCUT2D eigenvalue weighted by Crippen LogP contribution is -2.39. The lowest BCUT2D eigenvalue weighted by molar-refractivity contribution is -0.140. The molecule has 0 aromatic heterocycles. The lowest BCUT2D eigenvalue weighted by atomic mass is 10.0. The summed E-state index contributed by atoms with van der Waals surface area (Å²) in [4.78, 5) is 24.1. The molecule has 3 aromatic carbocycles. The number of urea groups is 1. The van der Waals surface area contributed by atoms with Gasteiger partial charge in [0.25, 0.3) is 0 Å². The number of rotatable bonds is 8. The number of methoxy groups -OCH3 is 1. The molecule has 0 saturated carbocycles. The molecule has 2 amide bonds. The molecule has 5 heteroatoms. The van der Waals surface area contributed by atoms with E-state index in [0.29, 0.717) is 18.5 Å². The molecule has 0 spiro atoms. The van der Waals surface area contributed by atoms with Crippen molar-refractivity contribution in [2.75, 3.05) is 12.4 Å². The van der Waals surface area contributed by atoms with Gasteiger partial charge >= 0.3 is 12.0 Å². The maximum absolute atomic E-state index is 12.5. The number of anilines is 1. The van der Waals surface area contributed by atoms with E-state index in [1.54, 1.807) is 0 Å². The van der Waals surface area contributed by atoms with Crippen molar-refractivity contribution >= 4 is 17.7 Å². The van der Waals surface area contributed by atoms with Crippen molar-refractivity contribution in [2.24, 2.45) is 0 Å². The first-order chi connectivity index (χ1) is 14.6. The Morgan fingerprint density at radius 2 is 1.43 bits per heavy atom. The molecule has 0 aliphatic rings. The highest BCUT2D eigenvalue weighted by atomic mass is 16.5. The zero-order chi connectivity index (χ0) is 21.2. The highest BCUT2D eigenvalue weighted by Gasteiger charge is 2.15. The number of ether oxygens (including phenoxy) is 1. The first-order valence-electron chi connectivity index (χ1n) is 9.98. The van der Waals surface area contributed by atoms with Gasteiger partial charge in [-0.2, -0.15) is 0 Å². The highest BCUT2D eigenvalue weighted by Crippen LogP contribution is 2.21. The topological polar surface area (TPSA) is 67.4 Å². The Bertz CT molecular complexity index is 941.